The normalized spacial score (nSPS) is 12.8. The number of nitrogens with zero attached hydrogens (tertiary/aromatic N) is 1. The molecule has 0 saturated carbocycles. The van der Waals surface area contributed by atoms with Crippen molar-refractivity contribution in [1.82, 2.24) is 9.97 Å². The van der Waals surface area contributed by atoms with Crippen LogP contribution in [-0.2, 0) is 4.74 Å². The van der Waals surface area contributed by atoms with E-state index in [-0.39, 0.29) is 5.92 Å². The molecule has 1 aromatic heterocycles. The number of carbonyl (C=O) groups excluding carboxylic acids is 1. The van der Waals surface area contributed by atoms with E-state index >= 15 is 0 Å². The van der Waals surface area contributed by atoms with Crippen molar-refractivity contribution in [3.05, 3.63) is 18.2 Å². The fourth-order valence-corrected chi connectivity index (χ4v) is 1.07. The van der Waals surface area contributed by atoms with Crippen molar-refractivity contribution >= 4 is 6.09 Å². The molecule has 0 aromatic carbocycles. The van der Waals surface area contributed by atoms with Gasteiger partial charge in [-0.3, -0.25) is 0 Å². The highest BCUT2D eigenvalue weighted by Crippen LogP contribution is 2.22. The van der Waals surface area contributed by atoms with Crippen molar-refractivity contribution < 1.29 is 9.53 Å². The van der Waals surface area contributed by atoms with E-state index in [9.17, 15) is 4.79 Å². The van der Waals surface area contributed by atoms with Crippen LogP contribution in [0.25, 0.3) is 0 Å². The Morgan fingerprint density at radius 2 is 2.38 bits per heavy atom. The molecule has 13 heavy (non-hydrogen) atoms. The molecule has 1 aromatic rings. The largest absolute Gasteiger partial charge is 0.438 e. The average molecular weight is 183 g/mol. The molecule has 0 aliphatic rings. The second-order valence-electron chi connectivity index (χ2n) is 3.08. The number of ether oxygens (including phenoxy) is 1. The second-order valence-corrected chi connectivity index (χ2v) is 3.08. The van der Waals surface area contributed by atoms with Gasteiger partial charge in [0.2, 0.25) is 0 Å². The average Bonchev–Trinajstić information content (AvgIpc) is 2.50. The number of amides is 1. The Balaban J connectivity index is 2.74. The molecule has 0 aliphatic heterocycles. The highest BCUT2D eigenvalue weighted by molar-refractivity contribution is 5.64. The van der Waals surface area contributed by atoms with E-state index in [0.29, 0.717) is 5.82 Å². The predicted octanol–water partition coefficient (Wildman–Crippen LogP) is 1.20. The predicted molar refractivity (Wildman–Crippen MR) is 46.8 cm³/mol. The second kappa shape index (κ2) is 3.93. The molecule has 0 aliphatic carbocycles. The number of nitrogens with two attached hydrogens (primary N) is 1. The first-order chi connectivity index (χ1) is 6.11. The van der Waals surface area contributed by atoms with Gasteiger partial charge in [-0.2, -0.15) is 0 Å². The van der Waals surface area contributed by atoms with Crippen LogP contribution in [0.15, 0.2) is 12.4 Å². The van der Waals surface area contributed by atoms with Crippen LogP contribution in [0.2, 0.25) is 0 Å². The summed E-state index contributed by atoms with van der Waals surface area (Å²) in [7, 11) is 0. The number of hydrogen-bond donors (Lipinski definition) is 2. The smallest absolute Gasteiger partial charge is 0.405 e. The van der Waals surface area contributed by atoms with Crippen LogP contribution >= 0.6 is 0 Å². The van der Waals surface area contributed by atoms with Gasteiger partial charge in [0, 0.05) is 12.4 Å². The Morgan fingerprint density at radius 3 is 2.77 bits per heavy atom. The fourth-order valence-electron chi connectivity index (χ4n) is 1.07. The van der Waals surface area contributed by atoms with Gasteiger partial charge in [-0.15, -0.1) is 0 Å². The van der Waals surface area contributed by atoms with Crippen LogP contribution in [0.4, 0.5) is 4.79 Å². The lowest BCUT2D eigenvalue weighted by molar-refractivity contribution is 0.0732. The number of nitrogens with one attached hydrogen (secondary N) is 1. The van der Waals surface area contributed by atoms with Gasteiger partial charge in [0.05, 0.1) is 0 Å². The number of carbonyl (C=O) groups is 1. The molecule has 0 fully saturated rings. The minimum absolute atomic E-state index is 0.138. The number of hydrogen-bond acceptors (Lipinski definition) is 3. The van der Waals surface area contributed by atoms with Gasteiger partial charge >= 0.3 is 6.09 Å². The Morgan fingerprint density at radius 1 is 1.69 bits per heavy atom. The quantitative estimate of drug-likeness (QED) is 0.738. The first-order valence-electron chi connectivity index (χ1n) is 4.06. The van der Waals surface area contributed by atoms with Gasteiger partial charge in [-0.05, 0) is 5.92 Å². The summed E-state index contributed by atoms with van der Waals surface area (Å²) >= 11 is 0. The summed E-state index contributed by atoms with van der Waals surface area (Å²) in [5.41, 5.74) is 4.93. The number of primary amides is 1. The zero-order chi connectivity index (χ0) is 9.84. The molecule has 3 N–H and O–H groups in total. The summed E-state index contributed by atoms with van der Waals surface area (Å²) in [5.74, 6) is 0.757. The van der Waals surface area contributed by atoms with Crippen LogP contribution < -0.4 is 5.73 Å². The van der Waals surface area contributed by atoms with Crippen LogP contribution in [0.3, 0.4) is 0 Å². The monoisotopic (exact) mass is 183 g/mol. The Labute approximate surface area is 76.3 Å². The van der Waals surface area contributed by atoms with E-state index in [2.05, 4.69) is 9.97 Å². The molecule has 1 rings (SSSR count). The van der Waals surface area contributed by atoms with Crippen LogP contribution in [0, 0.1) is 5.92 Å². The van der Waals surface area contributed by atoms with E-state index < -0.39 is 12.2 Å². The third-order valence-corrected chi connectivity index (χ3v) is 1.64. The van der Waals surface area contributed by atoms with E-state index in [0.717, 1.165) is 0 Å². The van der Waals surface area contributed by atoms with Gasteiger partial charge in [0.15, 0.2) is 6.10 Å². The van der Waals surface area contributed by atoms with Gasteiger partial charge in [-0.25, -0.2) is 9.78 Å². The molecular formula is C8H13N3O2. The Kier molecular flexibility index (Phi) is 2.89. The minimum Gasteiger partial charge on any atom is -0.438 e. The van der Waals surface area contributed by atoms with E-state index in [1.54, 1.807) is 12.4 Å². The lowest BCUT2D eigenvalue weighted by Crippen LogP contribution is -2.21. The van der Waals surface area contributed by atoms with E-state index in [1.165, 1.54) is 0 Å². The first-order valence-corrected chi connectivity index (χ1v) is 4.06. The molecular weight excluding hydrogens is 170 g/mol. The zero-order valence-electron chi connectivity index (χ0n) is 7.65. The molecule has 1 heterocycles. The maximum atomic E-state index is 10.6. The standard InChI is InChI=1S/C8H13N3O2/c1-5(2)6(13-8(9)12)7-10-3-4-11-7/h3-6H,1-2H3,(H2,9,12)(H,10,11). The molecule has 0 radical (unpaired) electrons. The highest BCUT2D eigenvalue weighted by atomic mass is 16.6. The van der Waals surface area contributed by atoms with Crippen molar-refractivity contribution in [3.8, 4) is 0 Å². The van der Waals surface area contributed by atoms with Crippen molar-refractivity contribution in [2.24, 2.45) is 11.7 Å². The zero-order valence-corrected chi connectivity index (χ0v) is 7.65. The molecule has 0 spiro atoms. The number of imidazole rings is 1. The Bertz CT molecular complexity index is 269. The molecule has 5 heteroatoms. The minimum atomic E-state index is -0.782. The number of rotatable bonds is 3. The van der Waals surface area contributed by atoms with E-state index in [4.69, 9.17) is 10.5 Å². The third kappa shape index (κ3) is 2.47. The Hall–Kier alpha value is -1.52. The molecule has 0 bridgehead atoms. The summed E-state index contributed by atoms with van der Waals surface area (Å²) in [6.07, 6.45) is 2.10. The highest BCUT2D eigenvalue weighted by Gasteiger charge is 2.21. The molecule has 1 atom stereocenters. The topological polar surface area (TPSA) is 81.0 Å². The summed E-state index contributed by atoms with van der Waals surface area (Å²) in [6.45, 7) is 3.85. The summed E-state index contributed by atoms with van der Waals surface area (Å²) in [4.78, 5) is 17.5. The number of aromatic amines is 1. The lowest BCUT2D eigenvalue weighted by Gasteiger charge is -2.17. The lowest BCUT2D eigenvalue weighted by atomic mass is 10.1. The fraction of sp³-hybridized carbons (Fsp3) is 0.500. The molecule has 5 nitrogen and oxygen atoms in total. The van der Waals surface area contributed by atoms with Crippen LogP contribution in [-0.4, -0.2) is 16.1 Å². The summed E-state index contributed by atoms with van der Waals surface area (Å²) in [5, 5.41) is 0. The van der Waals surface area contributed by atoms with Crippen molar-refractivity contribution in [2.45, 2.75) is 20.0 Å². The first kappa shape index (κ1) is 9.57. The molecule has 1 amide bonds. The van der Waals surface area contributed by atoms with Crippen LogP contribution in [0.1, 0.15) is 25.8 Å². The molecule has 0 saturated heterocycles. The number of aromatic nitrogens is 2. The van der Waals surface area contributed by atoms with Crippen molar-refractivity contribution in [3.63, 3.8) is 0 Å². The summed E-state index contributed by atoms with van der Waals surface area (Å²) < 4.78 is 4.90. The third-order valence-electron chi connectivity index (χ3n) is 1.64. The van der Waals surface area contributed by atoms with E-state index in [1.807, 2.05) is 13.8 Å². The van der Waals surface area contributed by atoms with Gasteiger partial charge in [0.1, 0.15) is 5.82 Å². The molecule has 72 valence electrons. The van der Waals surface area contributed by atoms with Gasteiger partial charge < -0.3 is 15.5 Å². The van der Waals surface area contributed by atoms with Crippen LogP contribution in [0.5, 0.6) is 0 Å². The number of H-pyrrole nitrogens is 1. The maximum Gasteiger partial charge on any atom is 0.405 e. The van der Waals surface area contributed by atoms with Gasteiger partial charge in [0.25, 0.3) is 0 Å². The SMILES string of the molecule is CC(C)C(OC(N)=O)c1ncc[nH]1. The van der Waals surface area contributed by atoms with Gasteiger partial charge in [-0.1, -0.05) is 13.8 Å². The molecule has 1 unspecified atom stereocenters. The van der Waals surface area contributed by atoms with Crippen molar-refractivity contribution in [2.75, 3.05) is 0 Å². The van der Waals surface area contributed by atoms with Crippen molar-refractivity contribution in [1.29, 1.82) is 0 Å². The maximum absolute atomic E-state index is 10.6. The summed E-state index contributed by atoms with van der Waals surface area (Å²) in [6, 6.07) is 0.